The summed E-state index contributed by atoms with van der Waals surface area (Å²) in [7, 11) is 0. The minimum absolute atomic E-state index is 0.399. The van der Waals surface area contributed by atoms with Crippen molar-refractivity contribution >= 4 is 5.78 Å². The Morgan fingerprint density at radius 1 is 1.31 bits per heavy atom. The van der Waals surface area contributed by atoms with Crippen LogP contribution in [0.3, 0.4) is 0 Å². The van der Waals surface area contributed by atoms with Crippen LogP contribution in [0, 0.1) is 17.8 Å². The van der Waals surface area contributed by atoms with Gasteiger partial charge in [-0.1, -0.05) is 52.9 Å². The molecular formula is C15H28O. The lowest BCUT2D eigenvalue weighted by Crippen LogP contribution is -2.20. The molecule has 1 saturated carbocycles. The highest BCUT2D eigenvalue weighted by atomic mass is 16.1. The summed E-state index contributed by atoms with van der Waals surface area (Å²) >= 11 is 0. The van der Waals surface area contributed by atoms with Crippen molar-refractivity contribution in [1.29, 1.82) is 0 Å². The van der Waals surface area contributed by atoms with E-state index in [-0.39, 0.29) is 0 Å². The SMILES string of the molecule is CCCCC(CC)CC(=O)C1CCCC1C. The number of carbonyl (C=O) groups is 1. The first-order chi connectivity index (χ1) is 7.69. The van der Waals surface area contributed by atoms with Gasteiger partial charge in [-0.2, -0.15) is 0 Å². The molecule has 1 fully saturated rings. The molecule has 1 rings (SSSR count). The number of ketones is 1. The third kappa shape index (κ3) is 3.92. The second-order valence-electron chi connectivity index (χ2n) is 5.60. The van der Waals surface area contributed by atoms with E-state index in [9.17, 15) is 4.79 Å². The minimum Gasteiger partial charge on any atom is -0.299 e. The maximum atomic E-state index is 12.2. The van der Waals surface area contributed by atoms with Gasteiger partial charge in [-0.3, -0.25) is 4.79 Å². The first-order valence-electron chi connectivity index (χ1n) is 7.21. The Hall–Kier alpha value is -0.330. The number of unbranched alkanes of at least 4 members (excludes halogenated alkanes) is 1. The summed E-state index contributed by atoms with van der Waals surface area (Å²) in [5.74, 6) is 2.26. The average Bonchev–Trinajstić information content (AvgIpc) is 2.70. The Bertz CT molecular complexity index is 209. The van der Waals surface area contributed by atoms with Gasteiger partial charge >= 0.3 is 0 Å². The lowest BCUT2D eigenvalue weighted by Gasteiger charge is -2.18. The number of carbonyl (C=O) groups excluding carboxylic acids is 1. The Labute approximate surface area is 101 Å². The monoisotopic (exact) mass is 224 g/mol. The maximum absolute atomic E-state index is 12.2. The molecule has 3 unspecified atom stereocenters. The Morgan fingerprint density at radius 3 is 2.56 bits per heavy atom. The average molecular weight is 224 g/mol. The van der Waals surface area contributed by atoms with Crippen molar-refractivity contribution in [2.24, 2.45) is 17.8 Å². The largest absolute Gasteiger partial charge is 0.299 e. The quantitative estimate of drug-likeness (QED) is 0.617. The number of hydrogen-bond donors (Lipinski definition) is 0. The standard InChI is InChI=1S/C15H28O/c1-4-6-9-13(5-2)11-15(16)14-10-7-8-12(14)3/h12-14H,4-11H2,1-3H3. The van der Waals surface area contributed by atoms with Crippen molar-refractivity contribution in [2.45, 2.75) is 72.1 Å². The van der Waals surface area contributed by atoms with Crippen molar-refractivity contribution in [3.05, 3.63) is 0 Å². The number of hydrogen-bond acceptors (Lipinski definition) is 1. The fourth-order valence-electron chi connectivity index (χ4n) is 3.00. The van der Waals surface area contributed by atoms with Crippen LogP contribution in [-0.2, 0) is 4.79 Å². The lowest BCUT2D eigenvalue weighted by molar-refractivity contribution is -0.124. The van der Waals surface area contributed by atoms with Crippen molar-refractivity contribution in [3.8, 4) is 0 Å². The van der Waals surface area contributed by atoms with Crippen LogP contribution in [0.25, 0.3) is 0 Å². The van der Waals surface area contributed by atoms with E-state index in [2.05, 4.69) is 20.8 Å². The van der Waals surface area contributed by atoms with E-state index in [1.165, 1.54) is 38.5 Å². The van der Waals surface area contributed by atoms with Gasteiger partial charge in [-0.25, -0.2) is 0 Å². The van der Waals surface area contributed by atoms with Crippen molar-refractivity contribution < 1.29 is 4.79 Å². The molecule has 16 heavy (non-hydrogen) atoms. The van der Waals surface area contributed by atoms with Gasteiger partial charge in [0.2, 0.25) is 0 Å². The van der Waals surface area contributed by atoms with Crippen molar-refractivity contribution in [1.82, 2.24) is 0 Å². The molecule has 0 bridgehead atoms. The Kier molecular flexibility index (Phi) is 6.08. The van der Waals surface area contributed by atoms with Gasteiger partial charge in [-0.05, 0) is 24.7 Å². The molecule has 0 aromatic carbocycles. The maximum Gasteiger partial charge on any atom is 0.136 e. The Balaban J connectivity index is 2.35. The predicted octanol–water partition coefficient (Wildman–Crippen LogP) is 4.60. The summed E-state index contributed by atoms with van der Waals surface area (Å²) in [6.45, 7) is 6.71. The third-order valence-electron chi connectivity index (χ3n) is 4.31. The molecule has 0 aromatic rings. The fourth-order valence-corrected chi connectivity index (χ4v) is 3.00. The Morgan fingerprint density at radius 2 is 2.06 bits per heavy atom. The fraction of sp³-hybridized carbons (Fsp3) is 0.933. The van der Waals surface area contributed by atoms with E-state index in [0.29, 0.717) is 23.5 Å². The molecule has 1 heteroatoms. The van der Waals surface area contributed by atoms with E-state index in [1.54, 1.807) is 0 Å². The van der Waals surface area contributed by atoms with Crippen LogP contribution < -0.4 is 0 Å². The van der Waals surface area contributed by atoms with Gasteiger partial charge in [0.15, 0.2) is 0 Å². The van der Waals surface area contributed by atoms with Gasteiger partial charge in [0, 0.05) is 12.3 Å². The van der Waals surface area contributed by atoms with Crippen LogP contribution in [-0.4, -0.2) is 5.78 Å². The lowest BCUT2D eigenvalue weighted by atomic mass is 9.85. The van der Waals surface area contributed by atoms with Gasteiger partial charge in [0.25, 0.3) is 0 Å². The first kappa shape index (κ1) is 13.7. The zero-order chi connectivity index (χ0) is 12.0. The molecule has 0 aromatic heterocycles. The van der Waals surface area contributed by atoms with Gasteiger partial charge < -0.3 is 0 Å². The summed E-state index contributed by atoms with van der Waals surface area (Å²) in [6.07, 6.45) is 9.50. The van der Waals surface area contributed by atoms with Crippen LogP contribution >= 0.6 is 0 Å². The normalized spacial score (nSPS) is 26.9. The number of Topliss-reactive ketones (excluding diaryl/α,β-unsaturated/α-hetero) is 1. The van der Waals surface area contributed by atoms with Gasteiger partial charge in [0.05, 0.1) is 0 Å². The van der Waals surface area contributed by atoms with Crippen LogP contribution in [0.4, 0.5) is 0 Å². The summed E-state index contributed by atoms with van der Waals surface area (Å²) < 4.78 is 0. The van der Waals surface area contributed by atoms with Crippen LogP contribution in [0.1, 0.15) is 72.1 Å². The summed E-state index contributed by atoms with van der Waals surface area (Å²) in [4.78, 5) is 12.2. The molecule has 94 valence electrons. The smallest absolute Gasteiger partial charge is 0.136 e. The molecule has 0 N–H and O–H groups in total. The van der Waals surface area contributed by atoms with Crippen LogP contribution in [0.2, 0.25) is 0 Å². The molecule has 1 aliphatic rings. The van der Waals surface area contributed by atoms with Gasteiger partial charge in [0.1, 0.15) is 5.78 Å². The van der Waals surface area contributed by atoms with Crippen LogP contribution in [0.5, 0.6) is 0 Å². The van der Waals surface area contributed by atoms with Crippen molar-refractivity contribution in [2.75, 3.05) is 0 Å². The summed E-state index contributed by atoms with van der Waals surface area (Å²) in [6, 6.07) is 0. The third-order valence-corrected chi connectivity index (χ3v) is 4.31. The van der Waals surface area contributed by atoms with E-state index < -0.39 is 0 Å². The highest BCUT2D eigenvalue weighted by molar-refractivity contribution is 5.81. The molecule has 0 amide bonds. The molecule has 1 nitrogen and oxygen atoms in total. The van der Waals surface area contributed by atoms with Gasteiger partial charge in [-0.15, -0.1) is 0 Å². The molecule has 0 heterocycles. The molecule has 3 atom stereocenters. The second kappa shape index (κ2) is 7.09. The summed E-state index contributed by atoms with van der Waals surface area (Å²) in [5, 5.41) is 0. The summed E-state index contributed by atoms with van der Waals surface area (Å²) in [5.41, 5.74) is 0. The molecule has 0 radical (unpaired) electrons. The van der Waals surface area contributed by atoms with Crippen LogP contribution in [0.15, 0.2) is 0 Å². The van der Waals surface area contributed by atoms with E-state index in [0.717, 1.165) is 12.8 Å². The molecular weight excluding hydrogens is 196 g/mol. The van der Waals surface area contributed by atoms with E-state index >= 15 is 0 Å². The van der Waals surface area contributed by atoms with Crippen molar-refractivity contribution in [3.63, 3.8) is 0 Å². The first-order valence-corrected chi connectivity index (χ1v) is 7.21. The number of rotatable bonds is 7. The highest BCUT2D eigenvalue weighted by Gasteiger charge is 2.30. The molecule has 0 spiro atoms. The molecule has 0 saturated heterocycles. The highest BCUT2D eigenvalue weighted by Crippen LogP contribution is 2.34. The molecule has 1 aliphatic carbocycles. The van der Waals surface area contributed by atoms with E-state index in [4.69, 9.17) is 0 Å². The predicted molar refractivity (Wildman–Crippen MR) is 69.4 cm³/mol. The topological polar surface area (TPSA) is 17.1 Å². The zero-order valence-electron chi connectivity index (χ0n) is 11.3. The minimum atomic E-state index is 0.399. The zero-order valence-corrected chi connectivity index (χ0v) is 11.3. The second-order valence-corrected chi connectivity index (χ2v) is 5.60. The van der Waals surface area contributed by atoms with E-state index in [1.807, 2.05) is 0 Å². The molecule has 0 aliphatic heterocycles.